The average Bonchev–Trinajstić information content (AvgIpc) is 2.54. The molecule has 0 spiro atoms. The molecule has 0 bridgehead atoms. The van der Waals surface area contributed by atoms with Crippen molar-refractivity contribution in [1.82, 2.24) is 5.32 Å². The number of ether oxygens (including phenoxy) is 2. The highest BCUT2D eigenvalue weighted by Crippen LogP contribution is 2.25. The van der Waals surface area contributed by atoms with Gasteiger partial charge in [0.2, 0.25) is 0 Å². The predicted molar refractivity (Wildman–Crippen MR) is 91.3 cm³/mol. The van der Waals surface area contributed by atoms with E-state index in [-0.39, 0.29) is 6.03 Å². The van der Waals surface area contributed by atoms with Crippen molar-refractivity contribution in [1.29, 1.82) is 0 Å². The van der Waals surface area contributed by atoms with E-state index in [9.17, 15) is 4.79 Å². The van der Waals surface area contributed by atoms with Crippen LogP contribution in [-0.2, 0) is 6.61 Å². The Bertz CT molecular complexity index is 699. The molecule has 2 amide bonds. The molecule has 0 saturated heterocycles. The molecule has 0 atom stereocenters. The van der Waals surface area contributed by atoms with Gasteiger partial charge in [0.15, 0.2) is 0 Å². The first kappa shape index (κ1) is 16.7. The lowest BCUT2D eigenvalue weighted by Gasteiger charge is -2.14. The van der Waals surface area contributed by atoms with Crippen LogP contribution in [-0.4, -0.2) is 20.2 Å². The molecule has 0 aliphatic carbocycles. The molecule has 2 aromatic rings. The molecule has 5 heteroatoms. The highest BCUT2D eigenvalue weighted by Gasteiger charge is 2.09. The summed E-state index contributed by atoms with van der Waals surface area (Å²) in [6.07, 6.45) is 0. The summed E-state index contributed by atoms with van der Waals surface area (Å²) in [6, 6.07) is 11.3. The number of amides is 2. The van der Waals surface area contributed by atoms with Crippen molar-refractivity contribution in [3.8, 4) is 11.5 Å². The van der Waals surface area contributed by atoms with Crippen LogP contribution in [0.5, 0.6) is 11.5 Å². The Kier molecular flexibility index (Phi) is 5.46. The van der Waals surface area contributed by atoms with Crippen molar-refractivity contribution < 1.29 is 14.3 Å². The Morgan fingerprint density at radius 3 is 2.57 bits per heavy atom. The first-order valence-electron chi connectivity index (χ1n) is 7.39. The second-order valence-electron chi connectivity index (χ2n) is 5.28. The predicted octanol–water partition coefficient (Wildman–Crippen LogP) is 3.64. The van der Waals surface area contributed by atoms with Crippen molar-refractivity contribution in [2.45, 2.75) is 20.5 Å². The molecule has 0 fully saturated rings. The van der Waals surface area contributed by atoms with Crippen molar-refractivity contribution in [3.63, 3.8) is 0 Å². The van der Waals surface area contributed by atoms with E-state index in [2.05, 4.69) is 16.7 Å². The second kappa shape index (κ2) is 7.54. The largest absolute Gasteiger partial charge is 0.497 e. The monoisotopic (exact) mass is 314 g/mol. The SMILES string of the molecule is CNC(=O)Nc1cc(OC)ccc1COc1ccc(C)cc1C. The van der Waals surface area contributed by atoms with Gasteiger partial charge in [-0.2, -0.15) is 0 Å². The number of rotatable bonds is 5. The van der Waals surface area contributed by atoms with Gasteiger partial charge in [0.25, 0.3) is 0 Å². The van der Waals surface area contributed by atoms with Crippen LogP contribution in [0, 0.1) is 13.8 Å². The molecule has 2 N–H and O–H groups in total. The lowest BCUT2D eigenvalue weighted by atomic mass is 10.1. The number of anilines is 1. The van der Waals surface area contributed by atoms with Crippen molar-refractivity contribution in [2.75, 3.05) is 19.5 Å². The van der Waals surface area contributed by atoms with Crippen LogP contribution >= 0.6 is 0 Å². The first-order valence-corrected chi connectivity index (χ1v) is 7.39. The highest BCUT2D eigenvalue weighted by molar-refractivity contribution is 5.90. The summed E-state index contributed by atoms with van der Waals surface area (Å²) in [7, 11) is 3.16. The fourth-order valence-corrected chi connectivity index (χ4v) is 2.23. The Hall–Kier alpha value is -2.69. The van der Waals surface area contributed by atoms with Crippen LogP contribution in [0.15, 0.2) is 36.4 Å². The average molecular weight is 314 g/mol. The molecule has 0 aromatic heterocycles. The van der Waals surface area contributed by atoms with Crippen LogP contribution in [0.3, 0.4) is 0 Å². The second-order valence-corrected chi connectivity index (χ2v) is 5.28. The van der Waals surface area contributed by atoms with E-state index in [0.717, 1.165) is 16.9 Å². The zero-order valence-corrected chi connectivity index (χ0v) is 13.9. The fourth-order valence-electron chi connectivity index (χ4n) is 2.23. The summed E-state index contributed by atoms with van der Waals surface area (Å²) >= 11 is 0. The van der Waals surface area contributed by atoms with E-state index >= 15 is 0 Å². The summed E-state index contributed by atoms with van der Waals surface area (Å²) in [5.41, 5.74) is 3.81. The maximum absolute atomic E-state index is 11.6. The van der Waals surface area contributed by atoms with Gasteiger partial charge in [0, 0.05) is 18.7 Å². The number of benzene rings is 2. The molecule has 0 aliphatic rings. The van der Waals surface area contributed by atoms with Crippen LogP contribution in [0.25, 0.3) is 0 Å². The molecular weight excluding hydrogens is 292 g/mol. The van der Waals surface area contributed by atoms with E-state index in [0.29, 0.717) is 18.0 Å². The number of nitrogens with one attached hydrogen (secondary N) is 2. The van der Waals surface area contributed by atoms with Gasteiger partial charge in [-0.15, -0.1) is 0 Å². The maximum Gasteiger partial charge on any atom is 0.318 e. The molecule has 2 rings (SSSR count). The van der Waals surface area contributed by atoms with Gasteiger partial charge < -0.3 is 20.1 Å². The third kappa shape index (κ3) is 4.39. The van der Waals surface area contributed by atoms with Crippen molar-refractivity contribution >= 4 is 11.7 Å². The lowest BCUT2D eigenvalue weighted by Crippen LogP contribution is -2.25. The molecule has 5 nitrogen and oxygen atoms in total. The normalized spacial score (nSPS) is 10.1. The molecule has 0 aliphatic heterocycles. The molecule has 23 heavy (non-hydrogen) atoms. The minimum absolute atomic E-state index is 0.286. The van der Waals surface area contributed by atoms with E-state index in [1.807, 2.05) is 38.1 Å². The van der Waals surface area contributed by atoms with E-state index in [4.69, 9.17) is 9.47 Å². The summed E-state index contributed by atoms with van der Waals surface area (Å²) < 4.78 is 11.1. The number of urea groups is 1. The quantitative estimate of drug-likeness (QED) is 0.886. The summed E-state index contributed by atoms with van der Waals surface area (Å²) in [5.74, 6) is 1.50. The smallest absolute Gasteiger partial charge is 0.318 e. The number of aryl methyl sites for hydroxylation is 2. The molecule has 0 heterocycles. The molecule has 0 unspecified atom stereocenters. The minimum Gasteiger partial charge on any atom is -0.497 e. The third-order valence-electron chi connectivity index (χ3n) is 3.51. The van der Waals surface area contributed by atoms with Crippen LogP contribution in [0.1, 0.15) is 16.7 Å². The van der Waals surface area contributed by atoms with Crippen molar-refractivity contribution in [2.24, 2.45) is 0 Å². The zero-order valence-electron chi connectivity index (χ0n) is 13.9. The van der Waals surface area contributed by atoms with Gasteiger partial charge in [-0.1, -0.05) is 17.7 Å². The van der Waals surface area contributed by atoms with Crippen molar-refractivity contribution in [3.05, 3.63) is 53.1 Å². The first-order chi connectivity index (χ1) is 11.0. The summed E-state index contributed by atoms with van der Waals surface area (Å²) in [6.45, 7) is 4.42. The standard InChI is InChI=1S/C18H22N2O3/c1-12-5-8-17(13(2)9-12)23-11-14-6-7-15(22-4)10-16(14)20-18(21)19-3/h5-10H,11H2,1-4H3,(H2,19,20,21). The third-order valence-corrected chi connectivity index (χ3v) is 3.51. The number of methoxy groups -OCH3 is 1. The van der Waals surface area contributed by atoms with Gasteiger partial charge in [-0.25, -0.2) is 4.79 Å². The maximum atomic E-state index is 11.6. The number of hydrogen-bond donors (Lipinski definition) is 2. The van der Waals surface area contributed by atoms with E-state index < -0.39 is 0 Å². The molecule has 2 aromatic carbocycles. The van der Waals surface area contributed by atoms with Crippen LogP contribution < -0.4 is 20.1 Å². The Labute approximate surface area is 136 Å². The van der Waals surface area contributed by atoms with Gasteiger partial charge in [0.05, 0.1) is 12.8 Å². The summed E-state index contributed by atoms with van der Waals surface area (Å²) in [5, 5.41) is 5.32. The van der Waals surface area contributed by atoms with E-state index in [1.165, 1.54) is 5.56 Å². The van der Waals surface area contributed by atoms with Crippen LogP contribution in [0.2, 0.25) is 0 Å². The Morgan fingerprint density at radius 1 is 1.13 bits per heavy atom. The minimum atomic E-state index is -0.286. The molecular formula is C18H22N2O3. The number of hydrogen-bond acceptors (Lipinski definition) is 3. The number of carbonyl (C=O) groups is 1. The molecule has 0 radical (unpaired) electrons. The van der Waals surface area contributed by atoms with Gasteiger partial charge in [-0.05, 0) is 37.6 Å². The summed E-state index contributed by atoms with van der Waals surface area (Å²) in [4.78, 5) is 11.6. The molecule has 122 valence electrons. The van der Waals surface area contributed by atoms with Gasteiger partial charge >= 0.3 is 6.03 Å². The Balaban J connectivity index is 2.19. The number of carbonyl (C=O) groups excluding carboxylic acids is 1. The highest BCUT2D eigenvalue weighted by atomic mass is 16.5. The van der Waals surface area contributed by atoms with Crippen LogP contribution in [0.4, 0.5) is 10.5 Å². The van der Waals surface area contributed by atoms with Gasteiger partial charge in [-0.3, -0.25) is 0 Å². The van der Waals surface area contributed by atoms with E-state index in [1.54, 1.807) is 20.2 Å². The van der Waals surface area contributed by atoms with Gasteiger partial charge in [0.1, 0.15) is 18.1 Å². The zero-order chi connectivity index (χ0) is 16.8. The Morgan fingerprint density at radius 2 is 1.91 bits per heavy atom. The lowest BCUT2D eigenvalue weighted by molar-refractivity contribution is 0.254. The topological polar surface area (TPSA) is 59.6 Å². The fraction of sp³-hybridized carbons (Fsp3) is 0.278. The molecule has 0 saturated carbocycles.